The lowest BCUT2D eigenvalue weighted by Crippen LogP contribution is -2.47. The van der Waals surface area contributed by atoms with Crippen LogP contribution in [0, 0.1) is 12.8 Å². The molecule has 0 bridgehead atoms. The summed E-state index contributed by atoms with van der Waals surface area (Å²) in [5, 5.41) is 0. The fraction of sp³-hybridized carbons (Fsp3) is 0.619. The molecule has 2 fully saturated rings. The number of carbonyl (C=O) groups is 2. The number of ether oxygens (including phenoxy) is 1. The number of hydrogen-bond acceptors (Lipinski definition) is 4. The first-order valence-corrected chi connectivity index (χ1v) is 9.95. The quantitative estimate of drug-likeness (QED) is 0.787. The molecule has 2 heterocycles. The lowest BCUT2D eigenvalue weighted by Gasteiger charge is -2.35. The molecular weight excluding hydrogens is 342 g/mol. The highest BCUT2D eigenvalue weighted by Crippen LogP contribution is 2.20. The maximum atomic E-state index is 12.9. The fourth-order valence-electron chi connectivity index (χ4n) is 3.78. The second kappa shape index (κ2) is 9.33. The number of likely N-dealkylation sites (N-methyl/N-ethyl adjacent to an activating group) is 1. The second-order valence-electron chi connectivity index (χ2n) is 7.67. The van der Waals surface area contributed by atoms with E-state index in [0.717, 1.165) is 64.3 Å². The Labute approximate surface area is 162 Å². The molecule has 1 unspecified atom stereocenters. The van der Waals surface area contributed by atoms with E-state index < -0.39 is 0 Å². The summed E-state index contributed by atoms with van der Waals surface area (Å²) in [6, 6.07) is 7.66. The monoisotopic (exact) mass is 373 g/mol. The number of piperidine rings is 1. The lowest BCUT2D eigenvalue weighted by molar-refractivity contribution is -0.135. The molecule has 6 heteroatoms. The molecule has 2 aliphatic rings. The Morgan fingerprint density at radius 2 is 1.85 bits per heavy atom. The molecule has 6 nitrogen and oxygen atoms in total. The van der Waals surface area contributed by atoms with Crippen LogP contribution in [0.1, 0.15) is 28.8 Å². The summed E-state index contributed by atoms with van der Waals surface area (Å²) < 4.78 is 5.37. The highest BCUT2D eigenvalue weighted by atomic mass is 16.5. The molecule has 2 saturated heterocycles. The molecule has 3 rings (SSSR count). The van der Waals surface area contributed by atoms with Crippen LogP contribution in [0.3, 0.4) is 0 Å². The van der Waals surface area contributed by atoms with Crippen molar-refractivity contribution in [3.63, 3.8) is 0 Å². The molecule has 1 aromatic carbocycles. The second-order valence-corrected chi connectivity index (χ2v) is 7.67. The molecule has 0 spiro atoms. The van der Waals surface area contributed by atoms with E-state index in [9.17, 15) is 9.59 Å². The third-order valence-corrected chi connectivity index (χ3v) is 5.59. The molecule has 0 aromatic heterocycles. The van der Waals surface area contributed by atoms with Gasteiger partial charge < -0.3 is 14.5 Å². The Morgan fingerprint density at radius 1 is 1.15 bits per heavy atom. The number of likely N-dealkylation sites (tertiary alicyclic amines) is 1. The molecule has 0 saturated carbocycles. The Bertz CT molecular complexity index is 641. The summed E-state index contributed by atoms with van der Waals surface area (Å²) in [5.74, 6) is 0.0935. The number of rotatable bonds is 5. The van der Waals surface area contributed by atoms with E-state index in [2.05, 4.69) is 4.90 Å². The van der Waals surface area contributed by atoms with Gasteiger partial charge in [-0.05, 0) is 31.9 Å². The van der Waals surface area contributed by atoms with Gasteiger partial charge in [-0.25, -0.2) is 0 Å². The predicted octanol–water partition coefficient (Wildman–Crippen LogP) is 1.64. The van der Waals surface area contributed by atoms with Crippen molar-refractivity contribution >= 4 is 11.8 Å². The largest absolute Gasteiger partial charge is 0.379 e. The van der Waals surface area contributed by atoms with E-state index >= 15 is 0 Å². The minimum absolute atomic E-state index is 0.0310. The normalized spacial score (nSPS) is 21.1. The lowest BCUT2D eigenvalue weighted by atomic mass is 9.96. The third-order valence-electron chi connectivity index (χ3n) is 5.59. The number of amides is 2. The number of hydrogen-bond donors (Lipinski definition) is 0. The molecule has 0 N–H and O–H groups in total. The van der Waals surface area contributed by atoms with Gasteiger partial charge in [0.2, 0.25) is 5.91 Å². The van der Waals surface area contributed by atoms with Gasteiger partial charge in [-0.1, -0.05) is 17.7 Å². The van der Waals surface area contributed by atoms with Crippen LogP contribution >= 0.6 is 0 Å². The summed E-state index contributed by atoms with van der Waals surface area (Å²) in [6.45, 7) is 8.28. The Hall–Kier alpha value is -1.92. The fourth-order valence-corrected chi connectivity index (χ4v) is 3.78. The molecule has 27 heavy (non-hydrogen) atoms. The number of nitrogens with zero attached hydrogens (tertiary/aromatic N) is 3. The van der Waals surface area contributed by atoms with Gasteiger partial charge in [0.1, 0.15) is 0 Å². The number of morpholine rings is 1. The van der Waals surface area contributed by atoms with E-state index in [0.29, 0.717) is 12.1 Å². The molecule has 148 valence electrons. The first-order chi connectivity index (χ1) is 13.0. The third kappa shape index (κ3) is 5.30. The summed E-state index contributed by atoms with van der Waals surface area (Å²) in [7, 11) is 1.88. The zero-order valence-corrected chi connectivity index (χ0v) is 16.5. The van der Waals surface area contributed by atoms with E-state index in [-0.39, 0.29) is 17.7 Å². The van der Waals surface area contributed by atoms with E-state index in [1.807, 2.05) is 48.0 Å². The van der Waals surface area contributed by atoms with E-state index in [1.54, 1.807) is 0 Å². The molecule has 1 atom stereocenters. The van der Waals surface area contributed by atoms with Gasteiger partial charge in [0.05, 0.1) is 19.1 Å². The molecular formula is C21H31N3O3. The molecule has 1 aromatic rings. The van der Waals surface area contributed by atoms with Gasteiger partial charge in [-0.3, -0.25) is 14.5 Å². The highest BCUT2D eigenvalue weighted by Gasteiger charge is 2.30. The molecule has 0 radical (unpaired) electrons. The van der Waals surface area contributed by atoms with Gasteiger partial charge in [0, 0.05) is 51.9 Å². The minimum atomic E-state index is -0.0946. The Morgan fingerprint density at radius 3 is 2.56 bits per heavy atom. The highest BCUT2D eigenvalue weighted by molar-refractivity contribution is 5.94. The molecule has 2 amide bonds. The van der Waals surface area contributed by atoms with Gasteiger partial charge in [0.25, 0.3) is 5.91 Å². The van der Waals surface area contributed by atoms with Gasteiger partial charge in [-0.2, -0.15) is 0 Å². The van der Waals surface area contributed by atoms with Crippen LogP contribution in [0.25, 0.3) is 0 Å². The summed E-state index contributed by atoms with van der Waals surface area (Å²) in [4.78, 5) is 31.6. The topological polar surface area (TPSA) is 53.1 Å². The number of benzene rings is 1. The average molecular weight is 373 g/mol. The zero-order valence-electron chi connectivity index (χ0n) is 16.5. The number of carbonyl (C=O) groups excluding carboxylic acids is 2. The molecule has 0 aliphatic carbocycles. The van der Waals surface area contributed by atoms with Crippen LogP contribution in [-0.2, 0) is 9.53 Å². The predicted molar refractivity (Wildman–Crippen MR) is 105 cm³/mol. The summed E-state index contributed by atoms with van der Waals surface area (Å²) in [5.41, 5.74) is 1.84. The van der Waals surface area contributed by atoms with Crippen molar-refractivity contribution in [1.82, 2.24) is 14.7 Å². The van der Waals surface area contributed by atoms with Crippen LogP contribution < -0.4 is 0 Å². The van der Waals surface area contributed by atoms with Crippen molar-refractivity contribution in [2.45, 2.75) is 19.8 Å². The maximum absolute atomic E-state index is 12.9. The van der Waals surface area contributed by atoms with Crippen LogP contribution in [0.4, 0.5) is 0 Å². The van der Waals surface area contributed by atoms with Gasteiger partial charge >= 0.3 is 0 Å². The van der Waals surface area contributed by atoms with Crippen LogP contribution in [0.15, 0.2) is 24.3 Å². The van der Waals surface area contributed by atoms with Crippen molar-refractivity contribution in [2.75, 3.05) is 59.5 Å². The first kappa shape index (κ1) is 19.8. The van der Waals surface area contributed by atoms with Gasteiger partial charge in [-0.15, -0.1) is 0 Å². The van der Waals surface area contributed by atoms with Crippen molar-refractivity contribution < 1.29 is 14.3 Å². The van der Waals surface area contributed by atoms with Crippen LogP contribution in [0.5, 0.6) is 0 Å². The average Bonchev–Trinajstić information content (AvgIpc) is 2.72. The van der Waals surface area contributed by atoms with Crippen molar-refractivity contribution in [3.8, 4) is 0 Å². The van der Waals surface area contributed by atoms with Crippen molar-refractivity contribution in [3.05, 3.63) is 35.4 Å². The maximum Gasteiger partial charge on any atom is 0.253 e. The molecule has 2 aliphatic heterocycles. The number of aryl methyl sites for hydroxylation is 1. The van der Waals surface area contributed by atoms with Crippen molar-refractivity contribution in [2.24, 2.45) is 5.92 Å². The van der Waals surface area contributed by atoms with Crippen molar-refractivity contribution in [1.29, 1.82) is 0 Å². The van der Waals surface area contributed by atoms with E-state index in [1.165, 1.54) is 0 Å². The zero-order chi connectivity index (χ0) is 19.2. The smallest absolute Gasteiger partial charge is 0.253 e. The SMILES string of the molecule is Cc1ccc(C(=O)N2CCCC(C(=O)N(C)CCN3CCOCC3)C2)cc1. The Balaban J connectivity index is 1.52. The summed E-state index contributed by atoms with van der Waals surface area (Å²) in [6.07, 6.45) is 1.74. The van der Waals surface area contributed by atoms with Gasteiger partial charge in [0.15, 0.2) is 0 Å². The van der Waals surface area contributed by atoms with Crippen LogP contribution in [-0.4, -0.2) is 86.0 Å². The standard InChI is InChI=1S/C21H31N3O3/c1-17-5-7-18(8-6-17)21(26)24-9-3-4-19(16-24)20(25)22(2)10-11-23-12-14-27-15-13-23/h5-8,19H,3-4,9-16H2,1-2H3. The summed E-state index contributed by atoms with van der Waals surface area (Å²) >= 11 is 0. The van der Waals surface area contributed by atoms with E-state index in [4.69, 9.17) is 4.74 Å². The first-order valence-electron chi connectivity index (χ1n) is 9.95. The Kier molecular flexibility index (Phi) is 6.85. The minimum Gasteiger partial charge on any atom is -0.379 e. The van der Waals surface area contributed by atoms with Crippen LogP contribution in [0.2, 0.25) is 0 Å².